The van der Waals surface area contributed by atoms with Crippen molar-refractivity contribution in [2.75, 3.05) is 14.1 Å². The van der Waals surface area contributed by atoms with Crippen LogP contribution in [0.15, 0.2) is 17.3 Å². The second-order valence-electron chi connectivity index (χ2n) is 6.21. The molecule has 0 radical (unpaired) electrons. The molecule has 2 aliphatic rings. The Hall–Kier alpha value is -0.990. The Bertz CT molecular complexity index is 286. The van der Waals surface area contributed by atoms with E-state index in [1.165, 1.54) is 51.3 Å². The van der Waals surface area contributed by atoms with Crippen molar-refractivity contribution in [1.82, 2.24) is 4.90 Å². The molecule has 3 nitrogen and oxygen atoms in total. The molecule has 19 heavy (non-hydrogen) atoms. The minimum atomic E-state index is 0.213. The topological polar surface area (TPSA) is 41.6 Å². The van der Waals surface area contributed by atoms with Crippen LogP contribution in [0.25, 0.3) is 0 Å². The molecule has 2 rings (SSSR count). The zero-order valence-corrected chi connectivity index (χ0v) is 12.9. The van der Waals surface area contributed by atoms with Gasteiger partial charge in [0.2, 0.25) is 0 Å². The van der Waals surface area contributed by atoms with Gasteiger partial charge in [0, 0.05) is 19.8 Å². The third-order valence-electron chi connectivity index (χ3n) is 4.12. The average molecular weight is 265 g/mol. The number of likely N-dealkylation sites (N-methyl/N-ethyl adjacent to an activating group) is 1. The smallest absolute Gasteiger partial charge is 0.0935 e. The van der Waals surface area contributed by atoms with Crippen molar-refractivity contribution in [1.29, 1.82) is 0 Å². The number of nitrogens with zero attached hydrogens (tertiary/aromatic N) is 2. The molecule has 0 aromatic heterocycles. The van der Waals surface area contributed by atoms with Gasteiger partial charge in [0.25, 0.3) is 0 Å². The first-order valence-electron chi connectivity index (χ1n) is 7.65. The van der Waals surface area contributed by atoms with Crippen molar-refractivity contribution >= 4 is 6.34 Å². The van der Waals surface area contributed by atoms with Gasteiger partial charge in [-0.05, 0) is 24.7 Å². The fraction of sp³-hybridized carbons (Fsp3) is 0.812. The monoisotopic (exact) mass is 265 g/mol. The first-order chi connectivity index (χ1) is 9.06. The van der Waals surface area contributed by atoms with Crippen LogP contribution in [0.2, 0.25) is 0 Å². The van der Waals surface area contributed by atoms with E-state index in [2.05, 4.69) is 18.5 Å². The largest absolute Gasteiger partial charge is 0.390 e. The SMILES string of the molecule is C=C(C(N=CN)C1CC1)N(C)C.CC1CCCCC1. The van der Waals surface area contributed by atoms with Crippen LogP contribution in [0.4, 0.5) is 0 Å². The van der Waals surface area contributed by atoms with Crippen LogP contribution in [0.5, 0.6) is 0 Å². The Morgan fingerprint density at radius 3 is 2.11 bits per heavy atom. The van der Waals surface area contributed by atoms with E-state index >= 15 is 0 Å². The van der Waals surface area contributed by atoms with Gasteiger partial charge in [-0.1, -0.05) is 45.6 Å². The Labute approximate surface area is 119 Å². The van der Waals surface area contributed by atoms with E-state index < -0.39 is 0 Å². The van der Waals surface area contributed by atoms with E-state index in [9.17, 15) is 0 Å². The van der Waals surface area contributed by atoms with E-state index in [0.717, 1.165) is 11.6 Å². The van der Waals surface area contributed by atoms with Crippen molar-refractivity contribution in [2.45, 2.75) is 57.9 Å². The maximum Gasteiger partial charge on any atom is 0.0935 e. The lowest BCUT2D eigenvalue weighted by Gasteiger charge is -2.21. The highest BCUT2D eigenvalue weighted by molar-refractivity contribution is 5.52. The number of nitrogens with two attached hydrogens (primary N) is 1. The summed E-state index contributed by atoms with van der Waals surface area (Å²) in [6.07, 6.45) is 11.3. The minimum absolute atomic E-state index is 0.213. The summed E-state index contributed by atoms with van der Waals surface area (Å²) in [6, 6.07) is 0.213. The lowest BCUT2D eigenvalue weighted by Crippen LogP contribution is -2.23. The van der Waals surface area contributed by atoms with Gasteiger partial charge in [-0.15, -0.1) is 0 Å². The lowest BCUT2D eigenvalue weighted by atomic mass is 9.91. The third kappa shape index (κ3) is 6.13. The molecule has 2 aliphatic carbocycles. The third-order valence-corrected chi connectivity index (χ3v) is 4.12. The van der Waals surface area contributed by atoms with Gasteiger partial charge in [-0.2, -0.15) is 0 Å². The highest BCUT2D eigenvalue weighted by Crippen LogP contribution is 2.37. The van der Waals surface area contributed by atoms with Gasteiger partial charge in [0.05, 0.1) is 12.4 Å². The van der Waals surface area contributed by atoms with Gasteiger partial charge in [0.15, 0.2) is 0 Å². The van der Waals surface area contributed by atoms with Crippen LogP contribution in [0, 0.1) is 11.8 Å². The van der Waals surface area contributed by atoms with E-state index in [0.29, 0.717) is 5.92 Å². The first kappa shape index (κ1) is 16.1. The number of hydrogen-bond acceptors (Lipinski definition) is 2. The molecule has 0 aromatic rings. The van der Waals surface area contributed by atoms with Gasteiger partial charge in [-0.3, -0.25) is 4.99 Å². The first-order valence-corrected chi connectivity index (χ1v) is 7.65. The van der Waals surface area contributed by atoms with E-state index in [-0.39, 0.29) is 6.04 Å². The van der Waals surface area contributed by atoms with Crippen LogP contribution >= 0.6 is 0 Å². The van der Waals surface area contributed by atoms with E-state index in [1.54, 1.807) is 0 Å². The molecular formula is C16H31N3. The molecule has 3 heteroatoms. The molecule has 2 N–H and O–H groups in total. The molecule has 1 atom stereocenters. The second kappa shape index (κ2) is 8.23. The summed E-state index contributed by atoms with van der Waals surface area (Å²) in [5.41, 5.74) is 6.34. The Morgan fingerprint density at radius 1 is 1.21 bits per heavy atom. The Morgan fingerprint density at radius 2 is 1.79 bits per heavy atom. The predicted molar refractivity (Wildman–Crippen MR) is 84.3 cm³/mol. The predicted octanol–water partition coefficient (Wildman–Crippen LogP) is 3.41. The lowest BCUT2D eigenvalue weighted by molar-refractivity contribution is 0.385. The van der Waals surface area contributed by atoms with Gasteiger partial charge >= 0.3 is 0 Å². The molecular weight excluding hydrogens is 234 g/mol. The quantitative estimate of drug-likeness (QED) is 0.625. The minimum Gasteiger partial charge on any atom is -0.390 e. The summed E-state index contributed by atoms with van der Waals surface area (Å²) in [5, 5.41) is 0. The summed E-state index contributed by atoms with van der Waals surface area (Å²) in [7, 11) is 3.98. The van der Waals surface area contributed by atoms with E-state index in [4.69, 9.17) is 5.73 Å². The summed E-state index contributed by atoms with van der Waals surface area (Å²) >= 11 is 0. The molecule has 0 aromatic carbocycles. The van der Waals surface area contributed by atoms with Crippen molar-refractivity contribution < 1.29 is 0 Å². The fourth-order valence-corrected chi connectivity index (χ4v) is 2.56. The fourth-order valence-electron chi connectivity index (χ4n) is 2.56. The molecule has 0 bridgehead atoms. The maximum atomic E-state index is 5.28. The van der Waals surface area contributed by atoms with Gasteiger partial charge in [-0.25, -0.2) is 0 Å². The molecule has 0 aliphatic heterocycles. The summed E-state index contributed by atoms with van der Waals surface area (Å²) in [5.74, 6) is 1.72. The number of rotatable bonds is 4. The molecule has 2 fully saturated rings. The van der Waals surface area contributed by atoms with E-state index in [1.807, 2.05) is 19.0 Å². The standard InChI is InChI=1S/C9H17N3.C7H14/c1-7(12(2)3)9(11-6-10)8-4-5-8;1-7-5-3-2-4-6-7/h6,8-9H,1,4-5H2,2-3H3,(H2,10,11);7H,2-6H2,1H3. The average Bonchev–Trinajstić information content (AvgIpc) is 3.21. The molecule has 0 heterocycles. The molecule has 0 spiro atoms. The van der Waals surface area contributed by atoms with Crippen LogP contribution in [-0.2, 0) is 0 Å². The summed E-state index contributed by atoms with van der Waals surface area (Å²) < 4.78 is 0. The van der Waals surface area contributed by atoms with Crippen molar-refractivity contribution in [3.8, 4) is 0 Å². The van der Waals surface area contributed by atoms with Crippen molar-refractivity contribution in [3.63, 3.8) is 0 Å². The van der Waals surface area contributed by atoms with Gasteiger partial charge in [0.1, 0.15) is 0 Å². The summed E-state index contributed by atoms with van der Waals surface area (Å²) in [4.78, 5) is 6.23. The Kier molecular flexibility index (Phi) is 6.96. The maximum absolute atomic E-state index is 5.28. The van der Waals surface area contributed by atoms with Crippen molar-refractivity contribution in [2.24, 2.45) is 22.6 Å². The molecule has 1 unspecified atom stereocenters. The normalized spacial score (nSPS) is 21.6. The number of aliphatic imine (C=N–C) groups is 1. The van der Waals surface area contributed by atoms with Crippen LogP contribution < -0.4 is 5.73 Å². The van der Waals surface area contributed by atoms with Crippen molar-refractivity contribution in [3.05, 3.63) is 12.3 Å². The molecule has 110 valence electrons. The second-order valence-corrected chi connectivity index (χ2v) is 6.21. The molecule has 2 saturated carbocycles. The van der Waals surface area contributed by atoms with Crippen LogP contribution in [-0.4, -0.2) is 31.4 Å². The molecule has 0 saturated heterocycles. The summed E-state index contributed by atoms with van der Waals surface area (Å²) in [6.45, 7) is 6.35. The van der Waals surface area contributed by atoms with Crippen LogP contribution in [0.3, 0.4) is 0 Å². The zero-order valence-electron chi connectivity index (χ0n) is 12.9. The molecule has 0 amide bonds. The number of hydrogen-bond donors (Lipinski definition) is 1. The highest BCUT2D eigenvalue weighted by atomic mass is 15.1. The van der Waals surface area contributed by atoms with Gasteiger partial charge < -0.3 is 10.6 Å². The zero-order chi connectivity index (χ0) is 14.3. The Balaban J connectivity index is 0.000000218. The highest BCUT2D eigenvalue weighted by Gasteiger charge is 2.33. The van der Waals surface area contributed by atoms with Crippen LogP contribution in [0.1, 0.15) is 51.9 Å².